The minimum Gasteiger partial charge on any atom is -0.380 e. The van der Waals surface area contributed by atoms with E-state index in [2.05, 4.69) is 25.2 Å². The Morgan fingerprint density at radius 2 is 2.05 bits per heavy atom. The number of rotatable bonds is 3. The van der Waals surface area contributed by atoms with Crippen LogP contribution in [0.15, 0.2) is 23.9 Å². The Labute approximate surface area is 127 Å². The first kappa shape index (κ1) is 14.8. The van der Waals surface area contributed by atoms with Gasteiger partial charge in [-0.15, -0.1) is 0 Å². The molecule has 1 heterocycles. The van der Waals surface area contributed by atoms with Gasteiger partial charge in [0.25, 0.3) is 0 Å². The molecule has 3 heteroatoms. The van der Waals surface area contributed by atoms with Crippen LogP contribution in [0.3, 0.4) is 0 Å². The molecule has 1 aliphatic heterocycles. The molecule has 1 saturated heterocycles. The number of hydrogen-bond donors (Lipinski definition) is 1. The van der Waals surface area contributed by atoms with Crippen molar-refractivity contribution in [2.24, 2.45) is 11.8 Å². The largest absolute Gasteiger partial charge is 0.380 e. The van der Waals surface area contributed by atoms with Crippen molar-refractivity contribution >= 4 is 5.78 Å². The Morgan fingerprint density at radius 3 is 2.67 bits per heavy atom. The summed E-state index contributed by atoms with van der Waals surface area (Å²) in [5, 5.41) is 3.28. The van der Waals surface area contributed by atoms with Gasteiger partial charge >= 0.3 is 0 Å². The summed E-state index contributed by atoms with van der Waals surface area (Å²) in [5.41, 5.74) is 0.946. The number of ketones is 1. The van der Waals surface area contributed by atoms with Gasteiger partial charge in [0.15, 0.2) is 5.78 Å². The van der Waals surface area contributed by atoms with Gasteiger partial charge in [0.05, 0.1) is 11.3 Å². The number of Topliss-reactive ketones (excluding diaryl/α,β-unsaturated/α-hetero) is 1. The number of nitrogens with one attached hydrogen (secondary N) is 1. The van der Waals surface area contributed by atoms with Gasteiger partial charge < -0.3 is 10.1 Å². The van der Waals surface area contributed by atoms with Gasteiger partial charge in [0.2, 0.25) is 0 Å². The van der Waals surface area contributed by atoms with Crippen molar-refractivity contribution in [2.45, 2.75) is 64.0 Å². The number of ether oxygens (including phenoxy) is 1. The predicted molar refractivity (Wildman–Crippen MR) is 83.9 cm³/mol. The summed E-state index contributed by atoms with van der Waals surface area (Å²) < 4.78 is 5.99. The maximum absolute atomic E-state index is 12.7. The maximum atomic E-state index is 12.7. The van der Waals surface area contributed by atoms with Crippen molar-refractivity contribution in [3.8, 4) is 0 Å². The molecule has 2 fully saturated rings. The van der Waals surface area contributed by atoms with Gasteiger partial charge in [0.1, 0.15) is 0 Å². The zero-order valence-corrected chi connectivity index (χ0v) is 13.2. The Bertz CT molecular complexity index is 448. The van der Waals surface area contributed by atoms with Crippen molar-refractivity contribution < 1.29 is 9.53 Å². The van der Waals surface area contributed by atoms with Crippen molar-refractivity contribution in [3.05, 3.63) is 23.9 Å². The van der Waals surface area contributed by atoms with Crippen molar-refractivity contribution in [3.63, 3.8) is 0 Å². The van der Waals surface area contributed by atoms with Crippen LogP contribution < -0.4 is 5.32 Å². The second-order valence-corrected chi connectivity index (χ2v) is 7.13. The van der Waals surface area contributed by atoms with Crippen LogP contribution >= 0.6 is 0 Å². The molecule has 1 unspecified atom stereocenters. The zero-order chi connectivity index (χ0) is 14.9. The van der Waals surface area contributed by atoms with E-state index in [-0.39, 0.29) is 17.3 Å². The molecule has 0 bridgehead atoms. The zero-order valence-electron chi connectivity index (χ0n) is 13.2. The van der Waals surface area contributed by atoms with E-state index in [9.17, 15) is 4.79 Å². The Balaban J connectivity index is 1.62. The molecule has 0 aromatic rings. The van der Waals surface area contributed by atoms with E-state index in [4.69, 9.17) is 4.74 Å². The summed E-state index contributed by atoms with van der Waals surface area (Å²) in [6, 6.07) is 0.300. The fraction of sp³-hybridized carbons (Fsp3) is 0.722. The summed E-state index contributed by atoms with van der Waals surface area (Å²) in [6.45, 7) is 5.07. The summed E-state index contributed by atoms with van der Waals surface area (Å²) in [7, 11) is 0. The second kappa shape index (κ2) is 5.96. The van der Waals surface area contributed by atoms with Gasteiger partial charge in [-0.3, -0.25) is 4.79 Å². The lowest BCUT2D eigenvalue weighted by Crippen LogP contribution is -2.39. The van der Waals surface area contributed by atoms with E-state index in [1.54, 1.807) is 0 Å². The second-order valence-electron chi connectivity index (χ2n) is 7.13. The molecule has 1 saturated carbocycles. The van der Waals surface area contributed by atoms with E-state index < -0.39 is 0 Å². The summed E-state index contributed by atoms with van der Waals surface area (Å²) in [6.07, 6.45) is 13.0. The van der Waals surface area contributed by atoms with Gasteiger partial charge in [-0.2, -0.15) is 0 Å². The van der Waals surface area contributed by atoms with Crippen molar-refractivity contribution in [2.75, 3.05) is 6.61 Å². The fourth-order valence-electron chi connectivity index (χ4n) is 4.10. The third-order valence-electron chi connectivity index (χ3n) is 5.23. The van der Waals surface area contributed by atoms with Gasteiger partial charge in [0, 0.05) is 18.6 Å². The first-order chi connectivity index (χ1) is 10.1. The summed E-state index contributed by atoms with van der Waals surface area (Å²) >= 11 is 0. The lowest BCUT2D eigenvalue weighted by Gasteiger charge is -2.39. The van der Waals surface area contributed by atoms with E-state index in [1.165, 1.54) is 12.8 Å². The first-order valence-electron chi connectivity index (χ1n) is 8.43. The molecule has 3 nitrogen and oxygen atoms in total. The molecule has 3 aliphatic rings. The minimum atomic E-state index is 0.0648. The molecular weight excluding hydrogens is 262 g/mol. The van der Waals surface area contributed by atoms with Gasteiger partial charge in [-0.1, -0.05) is 12.2 Å². The van der Waals surface area contributed by atoms with E-state index in [0.29, 0.717) is 12.0 Å². The third kappa shape index (κ3) is 3.08. The Morgan fingerprint density at radius 1 is 1.29 bits per heavy atom. The highest BCUT2D eigenvalue weighted by molar-refractivity contribution is 5.99. The van der Waals surface area contributed by atoms with Crippen LogP contribution in [0.1, 0.15) is 52.4 Å². The average Bonchev–Trinajstić information content (AvgIpc) is 2.90. The van der Waals surface area contributed by atoms with E-state index in [0.717, 1.165) is 38.0 Å². The van der Waals surface area contributed by atoms with Gasteiger partial charge in [-0.05, 0) is 64.4 Å². The van der Waals surface area contributed by atoms with Crippen LogP contribution in [0.25, 0.3) is 0 Å². The molecule has 1 spiro atoms. The maximum Gasteiger partial charge on any atom is 0.185 e. The van der Waals surface area contributed by atoms with E-state index in [1.807, 2.05) is 12.2 Å². The lowest BCUT2D eigenvalue weighted by atomic mass is 9.70. The molecule has 2 aliphatic carbocycles. The standard InChI is InChI=1S/C18H27NO2/c1-13(2)19-16-6-3-5-15(17(16)20)14-7-10-18(11-8-14)9-4-12-21-18/h3,5-6,13-15,19H,4,7-12H2,1-2H3/t14-,15?,18-. The van der Waals surface area contributed by atoms with Crippen LogP contribution in [0, 0.1) is 11.8 Å². The molecule has 116 valence electrons. The molecule has 1 atom stereocenters. The normalized spacial score (nSPS) is 36.3. The summed E-state index contributed by atoms with van der Waals surface area (Å²) in [5.74, 6) is 0.829. The smallest absolute Gasteiger partial charge is 0.185 e. The van der Waals surface area contributed by atoms with Crippen molar-refractivity contribution in [1.82, 2.24) is 5.32 Å². The van der Waals surface area contributed by atoms with Crippen LogP contribution in [-0.2, 0) is 9.53 Å². The van der Waals surface area contributed by atoms with Crippen LogP contribution in [0.4, 0.5) is 0 Å². The van der Waals surface area contributed by atoms with E-state index >= 15 is 0 Å². The minimum absolute atomic E-state index is 0.0648. The molecule has 0 aromatic heterocycles. The monoisotopic (exact) mass is 289 g/mol. The third-order valence-corrected chi connectivity index (χ3v) is 5.23. The topological polar surface area (TPSA) is 38.3 Å². The van der Waals surface area contributed by atoms with Crippen LogP contribution in [0.2, 0.25) is 0 Å². The molecule has 0 aromatic carbocycles. The first-order valence-corrected chi connectivity index (χ1v) is 8.43. The molecule has 1 N–H and O–H groups in total. The molecule has 0 amide bonds. The fourth-order valence-corrected chi connectivity index (χ4v) is 4.10. The number of carbonyl (C=O) groups excluding carboxylic acids is 1. The van der Waals surface area contributed by atoms with Gasteiger partial charge in [-0.25, -0.2) is 0 Å². The highest BCUT2D eigenvalue weighted by Gasteiger charge is 2.42. The SMILES string of the molecule is CC(C)NC1=CC=CC([C@H]2CC[C@@]3(CCCO3)CC2)C1=O. The van der Waals surface area contributed by atoms with Crippen molar-refractivity contribution in [1.29, 1.82) is 0 Å². The highest BCUT2D eigenvalue weighted by Crippen LogP contribution is 2.44. The molecule has 0 radical (unpaired) electrons. The number of allylic oxidation sites excluding steroid dienone is 4. The molecule has 3 rings (SSSR count). The number of carbonyl (C=O) groups is 1. The Hall–Kier alpha value is -1.09. The summed E-state index contributed by atoms with van der Waals surface area (Å²) in [4.78, 5) is 12.7. The average molecular weight is 289 g/mol. The number of hydrogen-bond acceptors (Lipinski definition) is 3. The van der Waals surface area contributed by atoms with Crippen LogP contribution in [-0.4, -0.2) is 24.0 Å². The lowest BCUT2D eigenvalue weighted by molar-refractivity contribution is -0.121. The predicted octanol–water partition coefficient (Wildman–Crippen LogP) is 3.36. The highest BCUT2D eigenvalue weighted by atomic mass is 16.5. The molecular formula is C18H27NO2. The quantitative estimate of drug-likeness (QED) is 0.866. The Kier molecular flexibility index (Phi) is 4.21. The molecule has 21 heavy (non-hydrogen) atoms. The van der Waals surface area contributed by atoms with Crippen LogP contribution in [0.5, 0.6) is 0 Å².